The molecule has 0 bridgehead atoms. The van der Waals surface area contributed by atoms with Crippen molar-refractivity contribution >= 4 is 5.91 Å². The van der Waals surface area contributed by atoms with Gasteiger partial charge >= 0.3 is 0 Å². The van der Waals surface area contributed by atoms with Gasteiger partial charge in [0.1, 0.15) is 5.75 Å². The first kappa shape index (κ1) is 19.7. The Kier molecular flexibility index (Phi) is 7.72. The Morgan fingerprint density at radius 1 is 1.16 bits per heavy atom. The molecule has 5 heteroatoms. The molecule has 0 aromatic heterocycles. The molecule has 140 valence electrons. The third-order valence-electron chi connectivity index (χ3n) is 5.13. The number of hydrogen-bond donors (Lipinski definition) is 0. The predicted octanol–water partition coefficient (Wildman–Crippen LogP) is 3.82. The fourth-order valence-corrected chi connectivity index (χ4v) is 3.47. The van der Waals surface area contributed by atoms with Crippen LogP contribution in [0, 0.1) is 11.8 Å². The lowest BCUT2D eigenvalue weighted by molar-refractivity contribution is -0.173. The van der Waals surface area contributed by atoms with Gasteiger partial charge in [0.05, 0.1) is 26.9 Å². The molecule has 1 aliphatic rings. The second kappa shape index (κ2) is 9.78. The second-order valence-corrected chi connectivity index (χ2v) is 6.96. The third-order valence-corrected chi connectivity index (χ3v) is 5.13. The van der Waals surface area contributed by atoms with Crippen LogP contribution in [0.2, 0.25) is 0 Å². The summed E-state index contributed by atoms with van der Waals surface area (Å²) in [6.07, 6.45) is 5.65. The lowest BCUT2D eigenvalue weighted by atomic mass is 9.82. The van der Waals surface area contributed by atoms with Crippen molar-refractivity contribution in [3.05, 3.63) is 29.8 Å². The van der Waals surface area contributed by atoms with Gasteiger partial charge < -0.3 is 9.47 Å². The van der Waals surface area contributed by atoms with Crippen LogP contribution in [-0.2, 0) is 21.0 Å². The minimum Gasteiger partial charge on any atom is -0.497 e. The molecule has 2 rings (SSSR count). The summed E-state index contributed by atoms with van der Waals surface area (Å²) in [6, 6.07) is 8.02. The first-order chi connectivity index (χ1) is 12.0. The summed E-state index contributed by atoms with van der Waals surface area (Å²) in [5.74, 6) is 1.53. The maximum Gasteiger partial charge on any atom is 0.248 e. The van der Waals surface area contributed by atoms with Gasteiger partial charge in [-0.2, -0.15) is 0 Å². The van der Waals surface area contributed by atoms with Crippen LogP contribution in [-0.4, -0.2) is 38.3 Å². The molecule has 0 N–H and O–H groups in total. The van der Waals surface area contributed by atoms with Gasteiger partial charge in [0, 0.05) is 13.0 Å². The van der Waals surface area contributed by atoms with E-state index in [1.165, 1.54) is 17.7 Å². The minimum absolute atomic E-state index is 0.00622. The Morgan fingerprint density at radius 2 is 1.80 bits per heavy atom. The number of nitrogens with zero attached hydrogens (tertiary/aromatic N) is 1. The number of carbonyl (C=O) groups excluding carboxylic acids is 1. The van der Waals surface area contributed by atoms with Crippen molar-refractivity contribution in [2.75, 3.05) is 21.3 Å². The van der Waals surface area contributed by atoms with Crippen LogP contribution in [0.25, 0.3) is 0 Å². The lowest BCUT2D eigenvalue weighted by Crippen LogP contribution is -2.32. The van der Waals surface area contributed by atoms with Crippen LogP contribution < -0.4 is 4.74 Å². The number of methoxy groups -OCH3 is 1. The Labute approximate surface area is 151 Å². The second-order valence-electron chi connectivity index (χ2n) is 6.96. The Morgan fingerprint density at radius 3 is 2.36 bits per heavy atom. The molecule has 1 aliphatic carbocycles. The van der Waals surface area contributed by atoms with Crippen molar-refractivity contribution in [1.29, 1.82) is 0 Å². The number of hydrogen-bond acceptors (Lipinski definition) is 4. The van der Waals surface area contributed by atoms with E-state index in [-0.39, 0.29) is 11.8 Å². The van der Waals surface area contributed by atoms with Crippen LogP contribution in [0.4, 0.5) is 0 Å². The van der Waals surface area contributed by atoms with Crippen molar-refractivity contribution in [1.82, 2.24) is 5.06 Å². The van der Waals surface area contributed by atoms with Crippen molar-refractivity contribution in [2.24, 2.45) is 11.8 Å². The average molecular weight is 349 g/mol. The van der Waals surface area contributed by atoms with Crippen LogP contribution >= 0.6 is 0 Å². The smallest absolute Gasteiger partial charge is 0.248 e. The Balaban J connectivity index is 1.69. The van der Waals surface area contributed by atoms with Gasteiger partial charge in [0.2, 0.25) is 5.91 Å². The van der Waals surface area contributed by atoms with E-state index in [0.717, 1.165) is 37.9 Å². The number of benzene rings is 1. The van der Waals surface area contributed by atoms with Crippen LogP contribution in [0.1, 0.15) is 44.6 Å². The molecule has 1 fully saturated rings. The fourth-order valence-electron chi connectivity index (χ4n) is 3.47. The number of hydroxylamine groups is 2. The van der Waals surface area contributed by atoms with E-state index in [4.69, 9.17) is 14.3 Å². The highest BCUT2D eigenvalue weighted by Gasteiger charge is 2.26. The van der Waals surface area contributed by atoms with Gasteiger partial charge in [-0.15, -0.1) is 0 Å². The molecule has 0 spiro atoms. The van der Waals surface area contributed by atoms with Gasteiger partial charge in [-0.25, -0.2) is 5.06 Å². The fraction of sp³-hybridized carbons (Fsp3) is 0.650. The zero-order chi connectivity index (χ0) is 18.2. The van der Waals surface area contributed by atoms with Crippen LogP contribution in [0.15, 0.2) is 24.3 Å². The number of ether oxygens (including phenoxy) is 2. The van der Waals surface area contributed by atoms with Crippen LogP contribution in [0.3, 0.4) is 0 Å². The van der Waals surface area contributed by atoms with E-state index in [0.29, 0.717) is 18.6 Å². The highest BCUT2D eigenvalue weighted by molar-refractivity contribution is 5.77. The summed E-state index contributed by atoms with van der Waals surface area (Å²) >= 11 is 0. The van der Waals surface area contributed by atoms with Crippen molar-refractivity contribution < 1.29 is 19.1 Å². The molecule has 25 heavy (non-hydrogen) atoms. The van der Waals surface area contributed by atoms with Crippen molar-refractivity contribution in [3.63, 3.8) is 0 Å². The van der Waals surface area contributed by atoms with Crippen molar-refractivity contribution in [2.45, 2.75) is 51.7 Å². The molecular formula is C20H31NO4. The zero-order valence-corrected chi connectivity index (χ0v) is 15.9. The zero-order valence-electron chi connectivity index (χ0n) is 15.9. The van der Waals surface area contributed by atoms with Crippen LogP contribution in [0.5, 0.6) is 5.75 Å². The maximum atomic E-state index is 12.1. The van der Waals surface area contributed by atoms with E-state index < -0.39 is 0 Å². The molecular weight excluding hydrogens is 318 g/mol. The standard InChI is InChI=1S/C20H31NO4/c1-15(20(22)21(2)24-4)13-16-5-11-19(12-6-16)25-14-17-7-9-18(23-3)10-8-17/h7-10,15-16,19H,5-6,11-14H2,1-4H3/t15-,16-,19-/m0/s1. The van der Waals surface area contributed by atoms with E-state index in [9.17, 15) is 4.79 Å². The molecule has 1 aromatic rings. The first-order valence-electron chi connectivity index (χ1n) is 9.09. The molecule has 0 unspecified atom stereocenters. The number of amides is 1. The summed E-state index contributed by atoms with van der Waals surface area (Å²) in [5, 5.41) is 1.33. The minimum atomic E-state index is 0.00622. The summed E-state index contributed by atoms with van der Waals surface area (Å²) in [4.78, 5) is 17.1. The topological polar surface area (TPSA) is 48.0 Å². The van der Waals surface area contributed by atoms with E-state index in [1.807, 2.05) is 31.2 Å². The summed E-state index contributed by atoms with van der Waals surface area (Å²) < 4.78 is 11.2. The van der Waals surface area contributed by atoms with E-state index >= 15 is 0 Å². The van der Waals surface area contributed by atoms with Gasteiger partial charge in [-0.3, -0.25) is 9.63 Å². The normalized spacial score (nSPS) is 21.6. The van der Waals surface area contributed by atoms with Gasteiger partial charge in [0.15, 0.2) is 0 Å². The Hall–Kier alpha value is -1.59. The SMILES string of the molecule is COc1ccc(CO[C@H]2CC[C@H](C[C@H](C)C(=O)N(C)OC)CC2)cc1. The largest absolute Gasteiger partial charge is 0.497 e. The lowest BCUT2D eigenvalue weighted by Gasteiger charge is -2.30. The van der Waals surface area contributed by atoms with E-state index in [1.54, 1.807) is 14.2 Å². The molecule has 1 saturated carbocycles. The third kappa shape index (κ3) is 6.01. The monoisotopic (exact) mass is 349 g/mol. The molecule has 0 radical (unpaired) electrons. The molecule has 0 aliphatic heterocycles. The van der Waals surface area contributed by atoms with E-state index in [2.05, 4.69) is 0 Å². The summed E-state index contributed by atoms with van der Waals surface area (Å²) in [5.41, 5.74) is 1.17. The van der Waals surface area contributed by atoms with Gasteiger partial charge in [0.25, 0.3) is 0 Å². The number of rotatable bonds is 8. The molecule has 1 amide bonds. The highest BCUT2D eigenvalue weighted by Crippen LogP contribution is 2.31. The highest BCUT2D eigenvalue weighted by atomic mass is 16.7. The van der Waals surface area contributed by atoms with Gasteiger partial charge in [-0.05, 0) is 55.7 Å². The summed E-state index contributed by atoms with van der Waals surface area (Å²) in [7, 11) is 4.87. The Bertz CT molecular complexity index is 523. The molecule has 5 nitrogen and oxygen atoms in total. The average Bonchev–Trinajstić information content (AvgIpc) is 2.66. The molecule has 0 saturated heterocycles. The molecule has 1 atom stereocenters. The summed E-state index contributed by atoms with van der Waals surface area (Å²) in [6.45, 7) is 2.64. The van der Waals surface area contributed by atoms with Crippen molar-refractivity contribution in [3.8, 4) is 5.75 Å². The maximum absolute atomic E-state index is 12.1. The van der Waals surface area contributed by atoms with Gasteiger partial charge in [-0.1, -0.05) is 19.1 Å². The predicted molar refractivity (Wildman–Crippen MR) is 97.1 cm³/mol. The quantitative estimate of drug-likeness (QED) is 0.670. The molecule has 0 heterocycles. The number of carbonyl (C=O) groups is 1. The molecule has 1 aromatic carbocycles. The first-order valence-corrected chi connectivity index (χ1v) is 9.09.